The molecule has 0 atom stereocenters. The van der Waals surface area contributed by atoms with Crippen LogP contribution in [0.2, 0.25) is 0 Å². The summed E-state index contributed by atoms with van der Waals surface area (Å²) in [5.41, 5.74) is 0.374. The van der Waals surface area contributed by atoms with E-state index in [9.17, 15) is 4.79 Å². The first-order chi connectivity index (χ1) is 5.77. The molecule has 0 saturated heterocycles. The highest BCUT2D eigenvalue weighted by Gasteiger charge is 1.98. The molecule has 0 aliphatic carbocycles. The van der Waals surface area contributed by atoms with E-state index < -0.39 is 0 Å². The summed E-state index contributed by atoms with van der Waals surface area (Å²) >= 11 is 3.12. The zero-order valence-corrected chi connectivity index (χ0v) is 7.50. The number of pyridine rings is 1. The smallest absolute Gasteiger partial charge is 0.263 e. The lowest BCUT2D eigenvalue weighted by atomic mass is 10.3. The van der Waals surface area contributed by atoms with Crippen LogP contribution in [0, 0.1) is 0 Å². The molecule has 60 valence electrons. The molecule has 5 heteroatoms. The molecule has 2 aromatic rings. The number of H-pyrrole nitrogens is 1. The first kappa shape index (κ1) is 7.42. The van der Waals surface area contributed by atoms with Crippen molar-refractivity contribution in [2.24, 2.45) is 0 Å². The van der Waals surface area contributed by atoms with E-state index in [2.05, 4.69) is 30.9 Å². The number of aromatic amines is 1. The summed E-state index contributed by atoms with van der Waals surface area (Å²) in [6, 6.07) is 1.69. The fraction of sp³-hybridized carbons (Fsp3) is 0. The van der Waals surface area contributed by atoms with Crippen LogP contribution in [-0.2, 0) is 0 Å². The second-order valence-electron chi connectivity index (χ2n) is 2.27. The van der Waals surface area contributed by atoms with Crippen LogP contribution in [0.4, 0.5) is 0 Å². The van der Waals surface area contributed by atoms with Crippen molar-refractivity contribution in [1.82, 2.24) is 15.0 Å². The van der Waals surface area contributed by atoms with Crippen molar-refractivity contribution >= 4 is 27.0 Å². The largest absolute Gasteiger partial charge is 0.306 e. The van der Waals surface area contributed by atoms with Crippen LogP contribution in [0.1, 0.15) is 0 Å². The molecule has 0 spiro atoms. The molecule has 0 bridgehead atoms. The minimum Gasteiger partial charge on any atom is -0.306 e. The number of hydrogen-bond acceptors (Lipinski definition) is 3. The topological polar surface area (TPSA) is 58.6 Å². The molecule has 12 heavy (non-hydrogen) atoms. The highest BCUT2D eigenvalue weighted by molar-refractivity contribution is 9.10. The molecular weight excluding hydrogens is 222 g/mol. The van der Waals surface area contributed by atoms with Gasteiger partial charge in [0.15, 0.2) is 0 Å². The Kier molecular flexibility index (Phi) is 1.65. The molecule has 0 aromatic carbocycles. The van der Waals surface area contributed by atoms with Crippen molar-refractivity contribution in [3.8, 4) is 0 Å². The molecular formula is C7H4BrN3O. The highest BCUT2D eigenvalue weighted by atomic mass is 79.9. The van der Waals surface area contributed by atoms with Gasteiger partial charge in [0, 0.05) is 11.6 Å². The minimum absolute atomic E-state index is 0.179. The van der Waals surface area contributed by atoms with Crippen molar-refractivity contribution < 1.29 is 0 Å². The first-order valence-electron chi connectivity index (χ1n) is 3.26. The molecule has 0 aliphatic rings. The summed E-state index contributed by atoms with van der Waals surface area (Å²) in [6.45, 7) is 0. The maximum atomic E-state index is 11.1. The van der Waals surface area contributed by atoms with Gasteiger partial charge >= 0.3 is 0 Å². The predicted molar refractivity (Wildman–Crippen MR) is 47.9 cm³/mol. The molecule has 0 amide bonds. The van der Waals surface area contributed by atoms with Gasteiger partial charge in [-0.05, 0) is 22.0 Å². The van der Waals surface area contributed by atoms with Crippen LogP contribution < -0.4 is 5.56 Å². The molecule has 0 saturated carbocycles. The summed E-state index contributed by atoms with van der Waals surface area (Å²) in [4.78, 5) is 21.4. The molecule has 0 aliphatic heterocycles. The van der Waals surface area contributed by atoms with E-state index in [1.807, 2.05) is 0 Å². The fourth-order valence-electron chi connectivity index (χ4n) is 0.920. The predicted octanol–water partition coefficient (Wildman–Crippen LogP) is 1.08. The van der Waals surface area contributed by atoms with Gasteiger partial charge in [-0.15, -0.1) is 0 Å². The Labute approximate surface area is 75.8 Å². The lowest BCUT2D eigenvalue weighted by Gasteiger charge is -1.94. The average Bonchev–Trinajstić information content (AvgIpc) is 2.07. The van der Waals surface area contributed by atoms with Gasteiger partial charge in [-0.25, -0.2) is 9.97 Å². The molecule has 4 nitrogen and oxygen atoms in total. The molecule has 0 unspecified atom stereocenters. The summed E-state index contributed by atoms with van der Waals surface area (Å²) in [6.07, 6.45) is 3.04. The van der Waals surface area contributed by atoms with Crippen LogP contribution in [0.3, 0.4) is 0 Å². The molecule has 2 rings (SSSR count). The second kappa shape index (κ2) is 2.67. The second-order valence-corrected chi connectivity index (χ2v) is 3.13. The number of fused-ring (bicyclic) bond motifs is 1. The quantitative estimate of drug-likeness (QED) is 0.731. The zero-order valence-electron chi connectivity index (χ0n) is 5.91. The van der Waals surface area contributed by atoms with Gasteiger partial charge in [0.1, 0.15) is 12.0 Å². The van der Waals surface area contributed by atoms with Crippen molar-refractivity contribution in [2.45, 2.75) is 0 Å². The van der Waals surface area contributed by atoms with Crippen molar-refractivity contribution in [3.63, 3.8) is 0 Å². The third-order valence-corrected chi connectivity index (χ3v) is 2.06. The van der Waals surface area contributed by atoms with Crippen molar-refractivity contribution in [3.05, 3.63) is 33.4 Å². The van der Waals surface area contributed by atoms with Crippen molar-refractivity contribution in [2.75, 3.05) is 0 Å². The Morgan fingerprint density at radius 1 is 1.50 bits per heavy atom. The minimum atomic E-state index is -0.179. The summed E-state index contributed by atoms with van der Waals surface area (Å²) < 4.78 is 0.491. The first-order valence-corrected chi connectivity index (χ1v) is 4.05. The summed E-state index contributed by atoms with van der Waals surface area (Å²) in [5, 5.41) is 0.809. The van der Waals surface area contributed by atoms with Crippen LogP contribution >= 0.6 is 15.9 Å². The van der Waals surface area contributed by atoms with E-state index in [1.54, 1.807) is 12.3 Å². The lowest BCUT2D eigenvalue weighted by molar-refractivity contribution is 1.15. The number of halogens is 1. The standard InChI is InChI=1S/C7H4BrN3O/c8-5-1-4-2-9-3-10-6(4)11-7(5)12/h1-3H,(H,9,10,11,12). The van der Waals surface area contributed by atoms with Crippen LogP contribution in [0.15, 0.2) is 27.9 Å². The van der Waals surface area contributed by atoms with Gasteiger partial charge in [0.2, 0.25) is 0 Å². The van der Waals surface area contributed by atoms with E-state index in [1.165, 1.54) is 6.33 Å². The Morgan fingerprint density at radius 3 is 3.17 bits per heavy atom. The molecule has 1 N–H and O–H groups in total. The lowest BCUT2D eigenvalue weighted by Crippen LogP contribution is -2.06. The molecule has 2 heterocycles. The van der Waals surface area contributed by atoms with Gasteiger partial charge in [-0.1, -0.05) is 0 Å². The van der Waals surface area contributed by atoms with Gasteiger partial charge < -0.3 is 4.98 Å². The number of nitrogens with one attached hydrogen (secondary N) is 1. The Bertz CT molecular complexity index is 479. The average molecular weight is 226 g/mol. The Hall–Kier alpha value is -1.23. The third kappa shape index (κ3) is 1.12. The number of hydrogen-bond donors (Lipinski definition) is 1. The van der Waals surface area contributed by atoms with E-state index in [4.69, 9.17) is 0 Å². The maximum absolute atomic E-state index is 11.1. The van der Waals surface area contributed by atoms with Gasteiger partial charge in [-0.2, -0.15) is 0 Å². The molecule has 0 fully saturated rings. The van der Waals surface area contributed by atoms with Gasteiger partial charge in [0.05, 0.1) is 4.47 Å². The van der Waals surface area contributed by atoms with Crippen LogP contribution in [0.25, 0.3) is 11.0 Å². The normalized spacial score (nSPS) is 10.4. The SMILES string of the molecule is O=c1[nH]c2ncncc2cc1Br. The zero-order chi connectivity index (χ0) is 8.55. The number of rotatable bonds is 0. The maximum Gasteiger partial charge on any atom is 0.263 e. The van der Waals surface area contributed by atoms with E-state index >= 15 is 0 Å². The number of aromatic nitrogens is 3. The molecule has 0 radical (unpaired) electrons. The van der Waals surface area contributed by atoms with E-state index in [0.717, 1.165) is 5.39 Å². The van der Waals surface area contributed by atoms with Crippen LogP contribution in [-0.4, -0.2) is 15.0 Å². The van der Waals surface area contributed by atoms with Crippen LogP contribution in [0.5, 0.6) is 0 Å². The summed E-state index contributed by atoms with van der Waals surface area (Å²) in [5.74, 6) is 0. The fourth-order valence-corrected chi connectivity index (χ4v) is 1.27. The van der Waals surface area contributed by atoms with Gasteiger partial charge in [0.25, 0.3) is 5.56 Å². The van der Waals surface area contributed by atoms with Gasteiger partial charge in [-0.3, -0.25) is 4.79 Å². The monoisotopic (exact) mass is 225 g/mol. The number of nitrogens with zero attached hydrogens (tertiary/aromatic N) is 2. The van der Waals surface area contributed by atoms with Crippen molar-refractivity contribution in [1.29, 1.82) is 0 Å². The highest BCUT2D eigenvalue weighted by Crippen LogP contribution is 2.09. The molecule has 2 aromatic heterocycles. The third-order valence-electron chi connectivity index (χ3n) is 1.47. The summed E-state index contributed by atoms with van der Waals surface area (Å²) in [7, 11) is 0. The Morgan fingerprint density at radius 2 is 2.33 bits per heavy atom. The Balaban J connectivity index is 2.93. The van der Waals surface area contributed by atoms with E-state index in [0.29, 0.717) is 10.1 Å². The van der Waals surface area contributed by atoms with E-state index in [-0.39, 0.29) is 5.56 Å².